The summed E-state index contributed by atoms with van der Waals surface area (Å²) in [5.41, 5.74) is 2.28. The van der Waals surface area contributed by atoms with Crippen LogP contribution in [-0.4, -0.2) is 28.6 Å². The summed E-state index contributed by atoms with van der Waals surface area (Å²) in [6.07, 6.45) is 0. The summed E-state index contributed by atoms with van der Waals surface area (Å²) in [6, 6.07) is 8.07. The number of hydrogen-bond acceptors (Lipinski definition) is 1. The van der Waals surface area contributed by atoms with Crippen molar-refractivity contribution in [3.8, 4) is 0 Å². The molecule has 2 nitrogen and oxygen atoms in total. The van der Waals surface area contributed by atoms with Gasteiger partial charge in [0, 0.05) is 12.4 Å². The third kappa shape index (κ3) is 1.92. The van der Waals surface area contributed by atoms with Crippen LogP contribution in [-0.2, 0) is 4.79 Å². The summed E-state index contributed by atoms with van der Waals surface area (Å²) in [5, 5.41) is -0.439. The number of amides is 1. The first-order chi connectivity index (χ1) is 7.65. The van der Waals surface area contributed by atoms with Gasteiger partial charge >= 0.3 is 0 Å². The molecule has 1 aromatic carbocycles. The standard InChI is InChI=1S/C12H13Cl2NO/c1-8-2-4-9(5-3-8)11-10(14)12(16)15(11)7-6-13/h2-5,10-11H,6-7H2,1H3/t10-,11-/m1/s1. The van der Waals surface area contributed by atoms with Gasteiger partial charge in [-0.15, -0.1) is 23.2 Å². The number of carbonyl (C=O) groups excluding carboxylic acids is 1. The van der Waals surface area contributed by atoms with Gasteiger partial charge in [0.15, 0.2) is 0 Å². The van der Waals surface area contributed by atoms with E-state index in [1.807, 2.05) is 31.2 Å². The fourth-order valence-corrected chi connectivity index (χ4v) is 2.55. The van der Waals surface area contributed by atoms with E-state index in [0.29, 0.717) is 12.4 Å². The van der Waals surface area contributed by atoms with E-state index in [9.17, 15) is 4.79 Å². The lowest BCUT2D eigenvalue weighted by molar-refractivity contribution is -0.144. The molecule has 0 bridgehead atoms. The van der Waals surface area contributed by atoms with Gasteiger partial charge in [-0.1, -0.05) is 29.8 Å². The van der Waals surface area contributed by atoms with Crippen LogP contribution in [0.25, 0.3) is 0 Å². The Kier molecular flexibility index (Phi) is 3.41. The number of alkyl halides is 2. The SMILES string of the molecule is Cc1ccc([C@@H]2[C@@H](Cl)C(=O)N2CCCl)cc1. The molecule has 1 amide bonds. The molecule has 0 aliphatic carbocycles. The molecule has 1 aliphatic rings. The topological polar surface area (TPSA) is 20.3 Å². The van der Waals surface area contributed by atoms with E-state index in [2.05, 4.69) is 0 Å². The molecule has 0 aromatic heterocycles. The molecule has 0 radical (unpaired) electrons. The van der Waals surface area contributed by atoms with Crippen molar-refractivity contribution in [3.05, 3.63) is 35.4 Å². The third-order valence-corrected chi connectivity index (χ3v) is 3.47. The molecule has 4 heteroatoms. The Morgan fingerprint density at radius 3 is 2.50 bits per heavy atom. The molecule has 0 N–H and O–H groups in total. The molecule has 0 saturated carbocycles. The van der Waals surface area contributed by atoms with Crippen molar-refractivity contribution in [1.82, 2.24) is 4.90 Å². The van der Waals surface area contributed by atoms with Crippen molar-refractivity contribution < 1.29 is 4.79 Å². The number of rotatable bonds is 3. The van der Waals surface area contributed by atoms with E-state index in [-0.39, 0.29) is 11.9 Å². The highest BCUT2D eigenvalue weighted by Crippen LogP contribution is 2.38. The molecule has 1 aliphatic heterocycles. The smallest absolute Gasteiger partial charge is 0.243 e. The van der Waals surface area contributed by atoms with Crippen LogP contribution in [0.4, 0.5) is 0 Å². The van der Waals surface area contributed by atoms with Crippen LogP contribution >= 0.6 is 23.2 Å². The Morgan fingerprint density at radius 2 is 1.94 bits per heavy atom. The monoisotopic (exact) mass is 257 g/mol. The Bertz CT molecular complexity index is 391. The second kappa shape index (κ2) is 4.64. The van der Waals surface area contributed by atoms with Crippen molar-refractivity contribution in [2.24, 2.45) is 0 Å². The maximum absolute atomic E-state index is 11.5. The molecule has 86 valence electrons. The van der Waals surface area contributed by atoms with Crippen LogP contribution in [0.1, 0.15) is 17.2 Å². The molecule has 1 fully saturated rings. The Labute approximate surface area is 105 Å². The number of β-lactam (4-membered cyclic amide) rings is 1. The van der Waals surface area contributed by atoms with E-state index in [1.165, 1.54) is 5.56 Å². The quantitative estimate of drug-likeness (QED) is 0.603. The average molecular weight is 258 g/mol. The Balaban J connectivity index is 2.19. The van der Waals surface area contributed by atoms with E-state index < -0.39 is 5.38 Å². The van der Waals surface area contributed by atoms with Crippen molar-refractivity contribution in [2.75, 3.05) is 12.4 Å². The first-order valence-electron chi connectivity index (χ1n) is 5.22. The lowest BCUT2D eigenvalue weighted by Crippen LogP contribution is -2.56. The van der Waals surface area contributed by atoms with Gasteiger partial charge in [0.05, 0.1) is 6.04 Å². The fourth-order valence-electron chi connectivity index (χ4n) is 1.96. The normalized spacial score (nSPS) is 24.4. The molecule has 1 heterocycles. The van der Waals surface area contributed by atoms with Crippen molar-refractivity contribution in [3.63, 3.8) is 0 Å². The van der Waals surface area contributed by atoms with Crippen LogP contribution in [0.2, 0.25) is 0 Å². The Morgan fingerprint density at radius 1 is 1.31 bits per heavy atom. The maximum atomic E-state index is 11.5. The highest BCUT2D eigenvalue weighted by molar-refractivity contribution is 6.33. The van der Waals surface area contributed by atoms with Crippen LogP contribution in [0.3, 0.4) is 0 Å². The average Bonchev–Trinajstić information content (AvgIpc) is 2.30. The number of halogens is 2. The summed E-state index contributed by atoms with van der Waals surface area (Å²) < 4.78 is 0. The summed E-state index contributed by atoms with van der Waals surface area (Å²) in [5.74, 6) is 0.422. The molecule has 1 aromatic rings. The summed E-state index contributed by atoms with van der Waals surface area (Å²) >= 11 is 11.7. The summed E-state index contributed by atoms with van der Waals surface area (Å²) in [6.45, 7) is 2.59. The van der Waals surface area contributed by atoms with E-state index in [4.69, 9.17) is 23.2 Å². The van der Waals surface area contributed by atoms with E-state index >= 15 is 0 Å². The highest BCUT2D eigenvalue weighted by Gasteiger charge is 2.46. The van der Waals surface area contributed by atoms with Crippen LogP contribution < -0.4 is 0 Å². The lowest BCUT2D eigenvalue weighted by Gasteiger charge is -2.44. The molecular weight excluding hydrogens is 245 g/mol. The van der Waals surface area contributed by atoms with Crippen LogP contribution in [0, 0.1) is 6.92 Å². The molecule has 2 rings (SSSR count). The molecule has 16 heavy (non-hydrogen) atoms. The van der Waals surface area contributed by atoms with E-state index in [1.54, 1.807) is 4.90 Å². The first kappa shape index (κ1) is 11.7. The number of aryl methyl sites for hydroxylation is 1. The number of hydrogen-bond donors (Lipinski definition) is 0. The van der Waals surface area contributed by atoms with Gasteiger partial charge in [0.25, 0.3) is 0 Å². The minimum Gasteiger partial charge on any atom is -0.331 e. The minimum absolute atomic E-state index is 0.0199. The lowest BCUT2D eigenvalue weighted by atomic mass is 9.93. The number of likely N-dealkylation sites (tertiary alicyclic amines) is 1. The minimum atomic E-state index is -0.439. The van der Waals surface area contributed by atoms with Crippen molar-refractivity contribution >= 4 is 29.1 Å². The molecule has 1 saturated heterocycles. The molecule has 0 spiro atoms. The molecular formula is C12H13Cl2NO. The second-order valence-corrected chi connectivity index (χ2v) is 4.83. The highest BCUT2D eigenvalue weighted by atomic mass is 35.5. The van der Waals surface area contributed by atoms with Crippen molar-refractivity contribution in [2.45, 2.75) is 18.3 Å². The summed E-state index contributed by atoms with van der Waals surface area (Å²) in [7, 11) is 0. The fraction of sp³-hybridized carbons (Fsp3) is 0.417. The van der Waals surface area contributed by atoms with Gasteiger partial charge in [-0.3, -0.25) is 4.79 Å². The third-order valence-electron chi connectivity index (χ3n) is 2.88. The van der Waals surface area contributed by atoms with Crippen LogP contribution in [0.15, 0.2) is 24.3 Å². The van der Waals surface area contributed by atoms with Crippen molar-refractivity contribution in [1.29, 1.82) is 0 Å². The van der Waals surface area contributed by atoms with Gasteiger partial charge in [-0.05, 0) is 12.5 Å². The maximum Gasteiger partial charge on any atom is 0.243 e. The predicted octanol–water partition coefficient (Wildman–Crippen LogP) is 2.72. The van der Waals surface area contributed by atoms with Crippen LogP contribution in [0.5, 0.6) is 0 Å². The number of carbonyl (C=O) groups is 1. The van der Waals surface area contributed by atoms with E-state index in [0.717, 1.165) is 5.56 Å². The van der Waals surface area contributed by atoms with Gasteiger partial charge in [-0.25, -0.2) is 0 Å². The predicted molar refractivity (Wildman–Crippen MR) is 66.0 cm³/mol. The van der Waals surface area contributed by atoms with Gasteiger partial charge in [0.2, 0.25) is 5.91 Å². The zero-order valence-electron chi connectivity index (χ0n) is 8.99. The Hall–Kier alpha value is -0.730. The van der Waals surface area contributed by atoms with Gasteiger partial charge in [0.1, 0.15) is 5.38 Å². The number of benzene rings is 1. The first-order valence-corrected chi connectivity index (χ1v) is 6.19. The number of nitrogens with zero attached hydrogens (tertiary/aromatic N) is 1. The van der Waals surface area contributed by atoms with Gasteiger partial charge < -0.3 is 4.90 Å². The molecule has 0 unspecified atom stereocenters. The zero-order chi connectivity index (χ0) is 11.7. The summed E-state index contributed by atoms with van der Waals surface area (Å²) in [4.78, 5) is 13.3. The van der Waals surface area contributed by atoms with Gasteiger partial charge in [-0.2, -0.15) is 0 Å². The molecule has 2 atom stereocenters. The largest absolute Gasteiger partial charge is 0.331 e. The second-order valence-electron chi connectivity index (χ2n) is 3.98. The zero-order valence-corrected chi connectivity index (χ0v) is 10.5.